The van der Waals surface area contributed by atoms with Gasteiger partial charge in [0.25, 0.3) is 0 Å². The van der Waals surface area contributed by atoms with Gasteiger partial charge in [-0.05, 0) is 102 Å². The van der Waals surface area contributed by atoms with Crippen LogP contribution in [0.5, 0.6) is 5.75 Å². The van der Waals surface area contributed by atoms with E-state index in [1.165, 1.54) is 5.56 Å². The van der Waals surface area contributed by atoms with Gasteiger partial charge in [-0.25, -0.2) is 0 Å². The third-order valence-corrected chi connectivity index (χ3v) is 6.74. The lowest BCUT2D eigenvalue weighted by molar-refractivity contribution is 0.0283. The summed E-state index contributed by atoms with van der Waals surface area (Å²) in [6, 6.07) is 16.0. The molecule has 0 aromatic heterocycles. The second kappa shape index (κ2) is 10.5. The third kappa shape index (κ3) is 5.30. The Bertz CT molecular complexity index is 1090. The summed E-state index contributed by atoms with van der Waals surface area (Å²) in [5, 5.41) is 29.9. The Kier molecular flexibility index (Phi) is 7.96. The van der Waals surface area contributed by atoms with Crippen molar-refractivity contribution < 1.29 is 20.1 Å². The maximum absolute atomic E-state index is 11.0. The number of aliphatic hydroxyl groups is 3. The summed E-state index contributed by atoms with van der Waals surface area (Å²) in [5.74, 6) is 0.772. The summed E-state index contributed by atoms with van der Waals surface area (Å²) in [4.78, 5) is 0. The molecule has 0 fully saturated rings. The SMILES string of the molecule is CCC(O)(CC)c1cc(C)c(-c2cc(OCc3ccc(CO)c(CO)c3)ccc2C)c(C)c1. The summed E-state index contributed by atoms with van der Waals surface area (Å²) in [5.41, 5.74) is 8.29. The fourth-order valence-corrected chi connectivity index (χ4v) is 4.51. The lowest BCUT2D eigenvalue weighted by Crippen LogP contribution is -2.23. The van der Waals surface area contributed by atoms with Crippen LogP contribution >= 0.6 is 0 Å². The lowest BCUT2D eigenvalue weighted by atomic mass is 9.83. The van der Waals surface area contributed by atoms with Crippen LogP contribution in [0.2, 0.25) is 0 Å². The van der Waals surface area contributed by atoms with E-state index in [0.29, 0.717) is 25.0 Å². The standard InChI is InChI=1S/C29H36O4/c1-6-29(32,7-2)25-12-20(4)28(21(5)13-25)27-15-26(11-8-19(27)3)33-18-22-9-10-23(16-30)24(14-22)17-31/h8-15,30-32H,6-7,16-18H2,1-5H3. The van der Waals surface area contributed by atoms with Gasteiger partial charge in [0, 0.05) is 0 Å². The van der Waals surface area contributed by atoms with E-state index in [2.05, 4.69) is 45.0 Å². The van der Waals surface area contributed by atoms with E-state index < -0.39 is 5.60 Å². The second-order valence-corrected chi connectivity index (χ2v) is 8.91. The summed E-state index contributed by atoms with van der Waals surface area (Å²) in [6.07, 6.45) is 1.36. The Hall–Kier alpha value is -2.66. The van der Waals surface area contributed by atoms with Crippen LogP contribution in [0.25, 0.3) is 11.1 Å². The van der Waals surface area contributed by atoms with Crippen molar-refractivity contribution in [2.45, 2.75) is 72.9 Å². The molecule has 0 saturated carbocycles. The van der Waals surface area contributed by atoms with Crippen molar-refractivity contribution in [3.05, 3.63) is 87.5 Å². The van der Waals surface area contributed by atoms with Gasteiger partial charge in [-0.2, -0.15) is 0 Å². The molecule has 0 aliphatic carbocycles. The summed E-state index contributed by atoms with van der Waals surface area (Å²) >= 11 is 0. The van der Waals surface area contributed by atoms with Gasteiger partial charge in [0.15, 0.2) is 0 Å². The van der Waals surface area contributed by atoms with E-state index in [-0.39, 0.29) is 13.2 Å². The molecule has 0 unspecified atom stereocenters. The molecule has 3 N–H and O–H groups in total. The van der Waals surface area contributed by atoms with Gasteiger partial charge in [0.2, 0.25) is 0 Å². The summed E-state index contributed by atoms with van der Waals surface area (Å²) in [6.45, 7) is 10.5. The van der Waals surface area contributed by atoms with Crippen LogP contribution in [0.3, 0.4) is 0 Å². The second-order valence-electron chi connectivity index (χ2n) is 8.91. The third-order valence-electron chi connectivity index (χ3n) is 6.74. The normalized spacial score (nSPS) is 11.6. The minimum Gasteiger partial charge on any atom is -0.489 e. The molecule has 0 amide bonds. The molecule has 0 heterocycles. The molecule has 176 valence electrons. The van der Waals surface area contributed by atoms with E-state index in [0.717, 1.165) is 44.7 Å². The first kappa shape index (κ1) is 25.0. The predicted molar refractivity (Wildman–Crippen MR) is 133 cm³/mol. The van der Waals surface area contributed by atoms with Crippen molar-refractivity contribution in [3.63, 3.8) is 0 Å². The number of benzene rings is 3. The molecule has 0 aliphatic rings. The maximum Gasteiger partial charge on any atom is 0.120 e. The van der Waals surface area contributed by atoms with Gasteiger partial charge in [-0.15, -0.1) is 0 Å². The zero-order chi connectivity index (χ0) is 24.2. The zero-order valence-electron chi connectivity index (χ0n) is 20.4. The van der Waals surface area contributed by atoms with Crippen LogP contribution in [0.1, 0.15) is 65.6 Å². The minimum atomic E-state index is -0.799. The number of aryl methyl sites for hydroxylation is 3. The minimum absolute atomic E-state index is 0.0935. The van der Waals surface area contributed by atoms with Crippen LogP contribution in [0, 0.1) is 20.8 Å². The Morgan fingerprint density at radius 1 is 0.758 bits per heavy atom. The lowest BCUT2D eigenvalue weighted by Gasteiger charge is -2.28. The first-order valence-corrected chi connectivity index (χ1v) is 11.7. The van der Waals surface area contributed by atoms with E-state index in [4.69, 9.17) is 4.74 Å². The molecule has 0 radical (unpaired) electrons. The van der Waals surface area contributed by atoms with E-state index in [1.807, 2.05) is 38.1 Å². The largest absolute Gasteiger partial charge is 0.489 e. The number of aliphatic hydroxyl groups excluding tert-OH is 2. The highest BCUT2D eigenvalue weighted by atomic mass is 16.5. The molecule has 3 aromatic carbocycles. The molecule has 3 rings (SSSR count). The number of hydrogen-bond acceptors (Lipinski definition) is 4. The molecular weight excluding hydrogens is 412 g/mol. The van der Waals surface area contributed by atoms with Gasteiger partial charge < -0.3 is 20.1 Å². The molecule has 33 heavy (non-hydrogen) atoms. The van der Waals surface area contributed by atoms with Crippen molar-refractivity contribution >= 4 is 0 Å². The Morgan fingerprint density at radius 3 is 1.97 bits per heavy atom. The molecular formula is C29H36O4. The molecule has 0 spiro atoms. The van der Waals surface area contributed by atoms with Crippen LogP contribution in [0.15, 0.2) is 48.5 Å². The first-order chi connectivity index (χ1) is 15.8. The fraction of sp³-hybridized carbons (Fsp3) is 0.379. The zero-order valence-corrected chi connectivity index (χ0v) is 20.4. The first-order valence-electron chi connectivity index (χ1n) is 11.7. The highest BCUT2D eigenvalue weighted by Crippen LogP contribution is 2.37. The van der Waals surface area contributed by atoms with Gasteiger partial charge in [0.1, 0.15) is 12.4 Å². The highest BCUT2D eigenvalue weighted by Gasteiger charge is 2.26. The van der Waals surface area contributed by atoms with Crippen LogP contribution in [-0.2, 0) is 25.4 Å². The molecule has 0 saturated heterocycles. The number of ether oxygens (including phenoxy) is 1. The quantitative estimate of drug-likeness (QED) is 0.384. The predicted octanol–water partition coefficient (Wildman–Crippen LogP) is 5.85. The molecule has 4 nitrogen and oxygen atoms in total. The summed E-state index contributed by atoms with van der Waals surface area (Å²) < 4.78 is 6.09. The Morgan fingerprint density at radius 2 is 1.39 bits per heavy atom. The van der Waals surface area contributed by atoms with Crippen molar-refractivity contribution in [2.24, 2.45) is 0 Å². The Labute approximate surface area is 197 Å². The Balaban J connectivity index is 1.91. The van der Waals surface area contributed by atoms with Gasteiger partial charge in [0.05, 0.1) is 18.8 Å². The number of hydrogen-bond donors (Lipinski definition) is 3. The van der Waals surface area contributed by atoms with Crippen molar-refractivity contribution in [1.82, 2.24) is 0 Å². The smallest absolute Gasteiger partial charge is 0.120 e. The fourth-order valence-electron chi connectivity index (χ4n) is 4.51. The molecule has 3 aromatic rings. The van der Waals surface area contributed by atoms with Gasteiger partial charge in [-0.3, -0.25) is 0 Å². The maximum atomic E-state index is 11.0. The average molecular weight is 449 g/mol. The molecule has 0 aliphatic heterocycles. The van der Waals surface area contributed by atoms with E-state index >= 15 is 0 Å². The average Bonchev–Trinajstić information content (AvgIpc) is 2.82. The van der Waals surface area contributed by atoms with Gasteiger partial charge >= 0.3 is 0 Å². The molecule has 0 atom stereocenters. The topological polar surface area (TPSA) is 69.9 Å². The van der Waals surface area contributed by atoms with Crippen LogP contribution in [-0.4, -0.2) is 15.3 Å². The number of rotatable bonds is 9. The molecule has 0 bridgehead atoms. The highest BCUT2D eigenvalue weighted by molar-refractivity contribution is 5.75. The monoisotopic (exact) mass is 448 g/mol. The summed E-state index contributed by atoms with van der Waals surface area (Å²) in [7, 11) is 0. The van der Waals surface area contributed by atoms with Crippen molar-refractivity contribution in [2.75, 3.05) is 0 Å². The van der Waals surface area contributed by atoms with E-state index in [1.54, 1.807) is 0 Å². The van der Waals surface area contributed by atoms with Crippen LogP contribution in [0.4, 0.5) is 0 Å². The van der Waals surface area contributed by atoms with Crippen molar-refractivity contribution in [3.8, 4) is 16.9 Å². The molecule has 4 heteroatoms. The van der Waals surface area contributed by atoms with Gasteiger partial charge in [-0.1, -0.05) is 44.2 Å². The van der Waals surface area contributed by atoms with Crippen molar-refractivity contribution in [1.29, 1.82) is 0 Å². The van der Waals surface area contributed by atoms with E-state index in [9.17, 15) is 15.3 Å². The van der Waals surface area contributed by atoms with Crippen LogP contribution < -0.4 is 4.74 Å².